The van der Waals surface area contributed by atoms with Gasteiger partial charge in [0.2, 0.25) is 0 Å². The molecule has 1 aliphatic rings. The maximum atomic E-state index is 4.62. The highest BCUT2D eigenvalue weighted by Gasteiger charge is 2.32. The average molecular weight is 282 g/mol. The normalized spacial score (nSPS) is 18.5. The van der Waals surface area contributed by atoms with Crippen LogP contribution in [-0.4, -0.2) is 21.5 Å². The van der Waals surface area contributed by atoms with E-state index >= 15 is 0 Å². The molecule has 2 unspecified atom stereocenters. The van der Waals surface area contributed by atoms with Gasteiger partial charge in [0.15, 0.2) is 0 Å². The summed E-state index contributed by atoms with van der Waals surface area (Å²) in [6.07, 6.45) is 9.00. The van der Waals surface area contributed by atoms with Crippen molar-refractivity contribution in [2.45, 2.75) is 45.1 Å². The predicted octanol–water partition coefficient (Wildman–Crippen LogP) is 2.95. The van der Waals surface area contributed by atoms with Crippen LogP contribution in [0, 0.1) is 6.92 Å². The van der Waals surface area contributed by atoms with E-state index in [0.717, 1.165) is 37.2 Å². The highest BCUT2D eigenvalue weighted by Crippen LogP contribution is 2.39. The Balaban J connectivity index is 1.91. The third-order valence-electron chi connectivity index (χ3n) is 4.14. The quantitative estimate of drug-likeness (QED) is 0.916. The third-order valence-corrected chi connectivity index (χ3v) is 4.14. The molecule has 0 radical (unpaired) electrons. The fraction of sp³-hybridized carbons (Fsp3) is 0.471. The van der Waals surface area contributed by atoms with Crippen LogP contribution >= 0.6 is 0 Å². The van der Waals surface area contributed by atoms with Gasteiger partial charge in [0.1, 0.15) is 0 Å². The summed E-state index contributed by atoms with van der Waals surface area (Å²) in [7, 11) is 0. The first kappa shape index (κ1) is 14.1. The lowest BCUT2D eigenvalue weighted by Crippen LogP contribution is -2.28. The number of pyridine rings is 1. The van der Waals surface area contributed by atoms with E-state index in [1.807, 2.05) is 31.6 Å². The molecule has 2 heterocycles. The summed E-state index contributed by atoms with van der Waals surface area (Å²) in [6.45, 7) is 5.14. The number of aryl methyl sites for hydroxylation is 2. The minimum absolute atomic E-state index is 0.203. The predicted molar refractivity (Wildman–Crippen MR) is 83.1 cm³/mol. The van der Waals surface area contributed by atoms with Crippen LogP contribution < -0.4 is 5.32 Å². The maximum absolute atomic E-state index is 4.62. The van der Waals surface area contributed by atoms with Crippen LogP contribution in [0.3, 0.4) is 0 Å². The lowest BCUT2D eigenvalue weighted by Gasteiger charge is -2.24. The highest BCUT2D eigenvalue weighted by molar-refractivity contribution is 5.31. The molecule has 0 aliphatic heterocycles. The summed E-state index contributed by atoms with van der Waals surface area (Å²) >= 11 is 0. The van der Waals surface area contributed by atoms with Gasteiger partial charge in [0, 0.05) is 24.0 Å². The summed E-state index contributed by atoms with van der Waals surface area (Å²) in [5.41, 5.74) is 4.59. The molecule has 0 aromatic carbocycles. The van der Waals surface area contributed by atoms with Crippen molar-refractivity contribution < 1.29 is 0 Å². The Morgan fingerprint density at radius 3 is 2.95 bits per heavy atom. The molecule has 0 fully saturated rings. The Morgan fingerprint density at radius 1 is 1.29 bits per heavy atom. The van der Waals surface area contributed by atoms with Crippen LogP contribution in [-0.2, 0) is 6.42 Å². The lowest BCUT2D eigenvalue weighted by atomic mass is 9.94. The molecule has 0 amide bonds. The smallest absolute Gasteiger partial charge is 0.0763 e. The largest absolute Gasteiger partial charge is 0.308 e. The molecule has 1 N–H and O–H groups in total. The van der Waals surface area contributed by atoms with Gasteiger partial charge in [-0.3, -0.25) is 15.0 Å². The van der Waals surface area contributed by atoms with Crippen molar-refractivity contribution in [3.05, 3.63) is 53.4 Å². The topological polar surface area (TPSA) is 50.7 Å². The molecule has 1 aliphatic carbocycles. The van der Waals surface area contributed by atoms with Crippen LogP contribution in [0.5, 0.6) is 0 Å². The van der Waals surface area contributed by atoms with Gasteiger partial charge in [-0.1, -0.05) is 13.0 Å². The first-order valence-electron chi connectivity index (χ1n) is 7.75. The fourth-order valence-electron chi connectivity index (χ4n) is 3.08. The fourth-order valence-corrected chi connectivity index (χ4v) is 3.08. The molecule has 0 saturated carbocycles. The molecule has 4 heteroatoms. The zero-order valence-corrected chi connectivity index (χ0v) is 12.7. The van der Waals surface area contributed by atoms with Gasteiger partial charge in [-0.2, -0.15) is 0 Å². The minimum Gasteiger partial charge on any atom is -0.308 e. The van der Waals surface area contributed by atoms with Gasteiger partial charge >= 0.3 is 0 Å². The zero-order chi connectivity index (χ0) is 14.7. The van der Waals surface area contributed by atoms with E-state index in [0.29, 0.717) is 5.92 Å². The lowest BCUT2D eigenvalue weighted by molar-refractivity contribution is 0.427. The van der Waals surface area contributed by atoms with Gasteiger partial charge in [0.05, 0.1) is 23.6 Å². The van der Waals surface area contributed by atoms with Crippen molar-refractivity contribution in [3.63, 3.8) is 0 Å². The van der Waals surface area contributed by atoms with Crippen LogP contribution in [0.2, 0.25) is 0 Å². The van der Waals surface area contributed by atoms with Gasteiger partial charge in [-0.25, -0.2) is 0 Å². The second-order valence-corrected chi connectivity index (χ2v) is 5.71. The van der Waals surface area contributed by atoms with E-state index in [9.17, 15) is 0 Å². The van der Waals surface area contributed by atoms with Gasteiger partial charge in [0.25, 0.3) is 0 Å². The molecule has 0 bridgehead atoms. The molecule has 2 atom stereocenters. The maximum Gasteiger partial charge on any atom is 0.0763 e. The Morgan fingerprint density at radius 2 is 2.19 bits per heavy atom. The molecular weight excluding hydrogens is 260 g/mol. The first-order chi connectivity index (χ1) is 10.3. The molecule has 3 rings (SSSR count). The number of nitrogens with one attached hydrogen (secondary N) is 1. The number of aromatic nitrogens is 3. The van der Waals surface area contributed by atoms with Crippen LogP contribution in [0.15, 0.2) is 30.7 Å². The van der Waals surface area contributed by atoms with Gasteiger partial charge in [-0.15, -0.1) is 0 Å². The molecule has 21 heavy (non-hydrogen) atoms. The van der Waals surface area contributed by atoms with Crippen molar-refractivity contribution in [2.24, 2.45) is 0 Å². The molecule has 2 aromatic heterocycles. The minimum atomic E-state index is 0.203. The second kappa shape index (κ2) is 6.31. The van der Waals surface area contributed by atoms with E-state index in [1.165, 1.54) is 11.3 Å². The van der Waals surface area contributed by atoms with Crippen molar-refractivity contribution in [1.29, 1.82) is 0 Å². The van der Waals surface area contributed by atoms with Crippen LogP contribution in [0.4, 0.5) is 0 Å². The van der Waals surface area contributed by atoms with E-state index in [1.54, 1.807) is 0 Å². The molecule has 2 aromatic rings. The van der Waals surface area contributed by atoms with E-state index in [4.69, 9.17) is 0 Å². The number of hydrogen-bond donors (Lipinski definition) is 1. The van der Waals surface area contributed by atoms with Crippen molar-refractivity contribution in [1.82, 2.24) is 20.3 Å². The molecule has 0 spiro atoms. The zero-order valence-electron chi connectivity index (χ0n) is 12.7. The van der Waals surface area contributed by atoms with E-state index in [2.05, 4.69) is 33.3 Å². The third kappa shape index (κ3) is 2.95. The Hall–Kier alpha value is -1.81. The van der Waals surface area contributed by atoms with Crippen molar-refractivity contribution in [2.75, 3.05) is 6.54 Å². The standard InChI is InChI=1S/C17H22N4/c1-3-8-18-17(15-11-20-12(2)10-21-15)14-7-6-13-5-4-9-19-16(13)14/h4-5,9-11,14,17-18H,3,6-8H2,1-2H3. The summed E-state index contributed by atoms with van der Waals surface area (Å²) in [4.78, 5) is 13.6. The molecule has 4 nitrogen and oxygen atoms in total. The molecular formula is C17H22N4. The highest BCUT2D eigenvalue weighted by atomic mass is 15.0. The number of rotatable bonds is 5. The van der Waals surface area contributed by atoms with Crippen LogP contribution in [0.25, 0.3) is 0 Å². The van der Waals surface area contributed by atoms with E-state index < -0.39 is 0 Å². The van der Waals surface area contributed by atoms with E-state index in [-0.39, 0.29) is 6.04 Å². The Labute approximate surface area is 126 Å². The average Bonchev–Trinajstić information content (AvgIpc) is 2.93. The number of hydrogen-bond acceptors (Lipinski definition) is 4. The van der Waals surface area contributed by atoms with Crippen molar-refractivity contribution in [3.8, 4) is 0 Å². The number of nitrogens with zero attached hydrogens (tertiary/aromatic N) is 3. The Bertz CT molecular complexity index is 594. The van der Waals surface area contributed by atoms with Gasteiger partial charge < -0.3 is 5.32 Å². The summed E-state index contributed by atoms with van der Waals surface area (Å²) in [6, 6.07) is 4.43. The summed E-state index contributed by atoms with van der Waals surface area (Å²) in [5, 5.41) is 3.65. The first-order valence-corrected chi connectivity index (χ1v) is 7.75. The SMILES string of the molecule is CCCNC(c1cnc(C)cn1)C1CCc2cccnc21. The molecule has 0 saturated heterocycles. The summed E-state index contributed by atoms with van der Waals surface area (Å²) in [5.74, 6) is 0.393. The number of fused-ring (bicyclic) bond motifs is 1. The monoisotopic (exact) mass is 282 g/mol. The van der Waals surface area contributed by atoms with Crippen molar-refractivity contribution >= 4 is 0 Å². The summed E-state index contributed by atoms with van der Waals surface area (Å²) < 4.78 is 0. The molecule has 110 valence electrons. The van der Waals surface area contributed by atoms with Gasteiger partial charge in [-0.05, 0) is 44.4 Å². The Kier molecular flexibility index (Phi) is 4.25. The second-order valence-electron chi connectivity index (χ2n) is 5.71. The van der Waals surface area contributed by atoms with Crippen LogP contribution in [0.1, 0.15) is 54.4 Å².